The van der Waals surface area contributed by atoms with E-state index < -0.39 is 20.2 Å². The Labute approximate surface area is 140 Å². The van der Waals surface area contributed by atoms with Crippen molar-refractivity contribution in [3.05, 3.63) is 0 Å². The molecule has 0 radical (unpaired) electrons. The van der Waals surface area contributed by atoms with E-state index in [1.807, 2.05) is 0 Å². The number of ketones is 1. The van der Waals surface area contributed by atoms with Gasteiger partial charge in [-0.3, -0.25) is 4.79 Å². The molecule has 0 aromatic carbocycles. The summed E-state index contributed by atoms with van der Waals surface area (Å²) in [5, 5.41) is 9.34. The topological polar surface area (TPSA) is 65.0 Å². The predicted molar refractivity (Wildman–Crippen MR) is 90.8 cm³/mol. The van der Waals surface area contributed by atoms with Crippen molar-refractivity contribution in [1.82, 2.24) is 0 Å². The average molecular weight is 345 g/mol. The van der Waals surface area contributed by atoms with Gasteiger partial charge >= 0.3 is 0 Å². The number of carbonyl (C=O) groups excluding carboxylic acids is 1. The van der Waals surface area contributed by atoms with Gasteiger partial charge in [0.2, 0.25) is 0 Å². The lowest BCUT2D eigenvalue weighted by molar-refractivity contribution is -0.311. The molecule has 2 aliphatic rings. The first kappa shape index (κ1) is 19.1. The van der Waals surface area contributed by atoms with E-state index >= 15 is 0 Å². The summed E-state index contributed by atoms with van der Waals surface area (Å²) < 4.78 is 18.5. The molecule has 0 saturated carbocycles. The van der Waals surface area contributed by atoms with Crippen LogP contribution >= 0.6 is 0 Å². The molecular weight excluding hydrogens is 312 g/mol. The molecule has 1 N–H and O–H groups in total. The largest absolute Gasteiger partial charge is 0.414 e. The van der Waals surface area contributed by atoms with Gasteiger partial charge in [0, 0.05) is 12.8 Å². The quantitative estimate of drug-likeness (QED) is 0.719. The lowest BCUT2D eigenvalue weighted by Crippen LogP contribution is -2.52. The van der Waals surface area contributed by atoms with Crippen molar-refractivity contribution in [1.29, 1.82) is 0 Å². The second-order valence-corrected chi connectivity index (χ2v) is 11.7. The van der Waals surface area contributed by atoms with Crippen molar-refractivity contribution in [3.63, 3.8) is 0 Å². The molecule has 2 heterocycles. The standard InChI is InChI=1S/C17H32O5Si/c1-4-23(5-2,6-3)20-13-15-8-7-9-17(21-15)11-14(19)10-16(12-18)22-17/h15-16,18H,4-13H2,1-3H3/t15-,16-,17-/m0/s1. The van der Waals surface area contributed by atoms with Gasteiger partial charge in [-0.15, -0.1) is 0 Å². The van der Waals surface area contributed by atoms with E-state index in [0.717, 1.165) is 37.4 Å². The van der Waals surface area contributed by atoms with Crippen LogP contribution in [0.25, 0.3) is 0 Å². The minimum absolute atomic E-state index is 0.00878. The van der Waals surface area contributed by atoms with Crippen LogP contribution in [0.4, 0.5) is 0 Å². The number of aliphatic hydroxyl groups is 1. The Morgan fingerprint density at radius 1 is 1.22 bits per heavy atom. The number of aliphatic hydroxyl groups excluding tert-OH is 1. The van der Waals surface area contributed by atoms with E-state index in [1.54, 1.807) is 0 Å². The van der Waals surface area contributed by atoms with Gasteiger partial charge < -0.3 is 19.0 Å². The second-order valence-electron chi connectivity index (χ2n) is 6.94. The summed E-state index contributed by atoms with van der Waals surface area (Å²) in [4.78, 5) is 12.0. The molecule has 1 spiro atoms. The van der Waals surface area contributed by atoms with Crippen LogP contribution in [0.2, 0.25) is 18.1 Å². The minimum atomic E-state index is -1.62. The fraction of sp³-hybridized carbons (Fsp3) is 0.941. The molecule has 2 aliphatic heterocycles. The fourth-order valence-electron chi connectivity index (χ4n) is 3.80. The van der Waals surface area contributed by atoms with Crippen molar-refractivity contribution >= 4 is 14.1 Å². The van der Waals surface area contributed by atoms with Crippen molar-refractivity contribution < 1.29 is 23.8 Å². The Morgan fingerprint density at radius 2 is 1.87 bits per heavy atom. The average Bonchev–Trinajstić information content (AvgIpc) is 2.56. The molecule has 5 nitrogen and oxygen atoms in total. The van der Waals surface area contributed by atoms with Crippen LogP contribution in [0.3, 0.4) is 0 Å². The van der Waals surface area contributed by atoms with Crippen molar-refractivity contribution in [3.8, 4) is 0 Å². The van der Waals surface area contributed by atoms with E-state index in [-0.39, 0.29) is 18.5 Å². The third-order valence-corrected chi connectivity index (χ3v) is 10.1. The van der Waals surface area contributed by atoms with E-state index in [9.17, 15) is 9.90 Å². The molecule has 0 aromatic rings. The lowest BCUT2D eigenvalue weighted by atomic mass is 9.92. The van der Waals surface area contributed by atoms with Gasteiger partial charge in [-0.1, -0.05) is 20.8 Å². The van der Waals surface area contributed by atoms with Crippen LogP contribution in [-0.4, -0.2) is 50.4 Å². The van der Waals surface area contributed by atoms with Crippen LogP contribution in [-0.2, 0) is 18.7 Å². The molecule has 0 unspecified atom stereocenters. The van der Waals surface area contributed by atoms with Crippen molar-refractivity contribution in [2.75, 3.05) is 13.2 Å². The molecule has 6 heteroatoms. The molecule has 0 amide bonds. The van der Waals surface area contributed by atoms with Crippen LogP contribution in [0, 0.1) is 0 Å². The predicted octanol–water partition coefficient (Wildman–Crippen LogP) is 3.01. The van der Waals surface area contributed by atoms with Gasteiger partial charge in [0.15, 0.2) is 14.1 Å². The molecule has 23 heavy (non-hydrogen) atoms. The molecule has 2 saturated heterocycles. The van der Waals surface area contributed by atoms with Crippen LogP contribution in [0.1, 0.15) is 52.9 Å². The molecular formula is C17H32O5Si. The zero-order valence-corrected chi connectivity index (χ0v) is 15.8. The molecule has 2 fully saturated rings. The summed E-state index contributed by atoms with van der Waals surface area (Å²) in [5.74, 6) is -0.708. The monoisotopic (exact) mass is 344 g/mol. The van der Waals surface area contributed by atoms with Crippen LogP contribution < -0.4 is 0 Å². The summed E-state index contributed by atoms with van der Waals surface area (Å²) in [7, 11) is -1.62. The Morgan fingerprint density at radius 3 is 2.48 bits per heavy atom. The van der Waals surface area contributed by atoms with E-state index in [2.05, 4.69) is 20.8 Å². The third kappa shape index (κ3) is 4.63. The first-order valence-corrected chi connectivity index (χ1v) is 11.7. The number of ether oxygens (including phenoxy) is 2. The van der Waals surface area contributed by atoms with Crippen molar-refractivity contribution in [2.24, 2.45) is 0 Å². The molecule has 0 aliphatic carbocycles. The van der Waals surface area contributed by atoms with E-state index in [1.165, 1.54) is 0 Å². The lowest BCUT2D eigenvalue weighted by Gasteiger charge is -2.45. The second kappa shape index (κ2) is 8.21. The minimum Gasteiger partial charge on any atom is -0.414 e. The molecule has 134 valence electrons. The van der Waals surface area contributed by atoms with Gasteiger partial charge in [-0.25, -0.2) is 0 Å². The Kier molecular flexibility index (Phi) is 6.80. The highest BCUT2D eigenvalue weighted by atomic mass is 28.4. The van der Waals surface area contributed by atoms with Crippen molar-refractivity contribution in [2.45, 2.75) is 89.0 Å². The number of carbonyl (C=O) groups is 1. The molecule has 3 atom stereocenters. The van der Waals surface area contributed by atoms with Gasteiger partial charge in [-0.05, 0) is 31.0 Å². The zero-order valence-electron chi connectivity index (χ0n) is 14.8. The zero-order chi connectivity index (χ0) is 16.9. The van der Waals surface area contributed by atoms with Crippen LogP contribution in [0.15, 0.2) is 0 Å². The highest BCUT2D eigenvalue weighted by molar-refractivity contribution is 6.73. The maximum atomic E-state index is 12.0. The summed E-state index contributed by atoms with van der Waals surface area (Å²) >= 11 is 0. The highest BCUT2D eigenvalue weighted by Gasteiger charge is 2.45. The van der Waals surface area contributed by atoms with Gasteiger partial charge in [0.05, 0.1) is 31.8 Å². The smallest absolute Gasteiger partial charge is 0.192 e. The molecule has 2 rings (SSSR count). The van der Waals surface area contributed by atoms with Gasteiger partial charge in [-0.2, -0.15) is 0 Å². The van der Waals surface area contributed by atoms with Gasteiger partial charge in [0.1, 0.15) is 5.78 Å². The maximum absolute atomic E-state index is 12.0. The fourth-order valence-corrected chi connectivity index (χ4v) is 6.45. The summed E-state index contributed by atoms with van der Waals surface area (Å²) in [5.41, 5.74) is 0. The van der Waals surface area contributed by atoms with Crippen LogP contribution in [0.5, 0.6) is 0 Å². The first-order chi connectivity index (χ1) is 11.0. The SMILES string of the molecule is CC[Si](CC)(CC)OC[C@@H]1CCC[C@]2(CC(=O)C[C@@H](CO)O2)O1. The summed E-state index contributed by atoms with van der Waals surface area (Å²) in [6.45, 7) is 7.13. The first-order valence-electron chi connectivity index (χ1n) is 9.12. The number of Topliss-reactive ketones (excluding diaryl/α,β-unsaturated/α-hetero) is 1. The third-order valence-electron chi connectivity index (χ3n) is 5.48. The Balaban J connectivity index is 1.96. The number of hydrogen-bond donors (Lipinski definition) is 1. The highest BCUT2D eigenvalue weighted by Crippen LogP contribution is 2.38. The molecule has 0 aromatic heterocycles. The maximum Gasteiger partial charge on any atom is 0.192 e. The Hall–Kier alpha value is -0.273. The summed E-state index contributed by atoms with van der Waals surface area (Å²) in [6, 6.07) is 3.37. The van der Waals surface area contributed by atoms with E-state index in [0.29, 0.717) is 19.4 Å². The number of rotatable bonds is 7. The number of hydrogen-bond acceptors (Lipinski definition) is 5. The van der Waals surface area contributed by atoms with E-state index in [4.69, 9.17) is 13.9 Å². The summed E-state index contributed by atoms with van der Waals surface area (Å²) in [6.07, 6.45) is 2.81. The Bertz CT molecular complexity index is 390. The normalized spacial score (nSPS) is 32.4. The molecule has 0 bridgehead atoms. The van der Waals surface area contributed by atoms with Gasteiger partial charge in [0.25, 0.3) is 0 Å².